The molecule has 3 aromatic rings. The van der Waals surface area contributed by atoms with Crippen molar-refractivity contribution in [3.05, 3.63) is 97.9 Å². The molecule has 5 rings (SSSR count). The molecule has 0 aliphatic carbocycles. The van der Waals surface area contributed by atoms with E-state index in [0.29, 0.717) is 17.4 Å². The number of halogens is 1. The largest absolute Gasteiger partial charge is 0.496 e. The number of likely N-dealkylation sites (tertiary alicyclic amines) is 1. The van der Waals surface area contributed by atoms with E-state index in [4.69, 9.17) is 4.74 Å². The van der Waals surface area contributed by atoms with Gasteiger partial charge in [-0.25, -0.2) is 5.43 Å². The Kier molecular flexibility index (Phi) is 6.83. The van der Waals surface area contributed by atoms with E-state index in [-0.39, 0.29) is 11.5 Å². The third kappa shape index (κ3) is 5.23. The summed E-state index contributed by atoms with van der Waals surface area (Å²) in [6, 6.07) is 18.7. The van der Waals surface area contributed by atoms with Gasteiger partial charge in [0.15, 0.2) is 0 Å². The fourth-order valence-electron chi connectivity index (χ4n) is 5.23. The Morgan fingerprint density at radius 1 is 1.14 bits per heavy atom. The van der Waals surface area contributed by atoms with Crippen molar-refractivity contribution in [1.82, 2.24) is 14.9 Å². The summed E-state index contributed by atoms with van der Waals surface area (Å²) in [4.78, 5) is 27.1. The number of carbonyl (C=O) groups is 1. The molecule has 1 saturated heterocycles. The van der Waals surface area contributed by atoms with Gasteiger partial charge >= 0.3 is 0 Å². The second kappa shape index (κ2) is 10.2. The summed E-state index contributed by atoms with van der Waals surface area (Å²) < 4.78 is 8.42. The number of nitrogens with one attached hydrogen (secondary N) is 1. The topological polar surface area (TPSA) is 75.9 Å². The Balaban J connectivity index is 1.28. The summed E-state index contributed by atoms with van der Waals surface area (Å²) in [5.41, 5.74) is 6.32. The zero-order valence-electron chi connectivity index (χ0n) is 19.5. The maximum atomic E-state index is 12.3. The zero-order valence-corrected chi connectivity index (χ0v) is 21.1. The number of carbonyl (C=O) groups excluding carboxylic acids is 1. The van der Waals surface area contributed by atoms with Gasteiger partial charge in [-0.05, 0) is 60.4 Å². The highest BCUT2D eigenvalue weighted by molar-refractivity contribution is 9.10. The van der Waals surface area contributed by atoms with Crippen LogP contribution in [-0.4, -0.2) is 41.8 Å². The fraction of sp³-hybridized carbons (Fsp3) is 0.296. The first-order chi connectivity index (χ1) is 17.0. The van der Waals surface area contributed by atoms with Crippen LogP contribution in [0.3, 0.4) is 0 Å². The normalized spacial score (nSPS) is 19.4. The average Bonchev–Trinajstić information content (AvgIpc) is 2.85. The van der Waals surface area contributed by atoms with E-state index in [9.17, 15) is 9.59 Å². The molecule has 180 valence electrons. The molecular weight excluding hydrogens is 508 g/mol. The highest BCUT2D eigenvalue weighted by Crippen LogP contribution is 2.36. The van der Waals surface area contributed by atoms with Crippen molar-refractivity contribution >= 4 is 28.1 Å². The Labute approximate surface area is 212 Å². The second-order valence-electron chi connectivity index (χ2n) is 9.17. The molecule has 8 heteroatoms. The molecule has 0 saturated carbocycles. The van der Waals surface area contributed by atoms with Crippen LogP contribution in [0.15, 0.2) is 75.0 Å². The number of hydrazone groups is 1. The minimum absolute atomic E-state index is 0.103. The molecule has 2 bridgehead atoms. The molecule has 2 aromatic carbocycles. The summed E-state index contributed by atoms with van der Waals surface area (Å²) in [5.74, 6) is 1.38. The highest BCUT2D eigenvalue weighted by Gasteiger charge is 2.34. The second-order valence-corrected chi connectivity index (χ2v) is 10.1. The lowest BCUT2D eigenvalue weighted by Crippen LogP contribution is -2.46. The van der Waals surface area contributed by atoms with Gasteiger partial charge in [0.1, 0.15) is 5.75 Å². The number of nitrogens with zero attached hydrogens (tertiary/aromatic N) is 3. The molecule has 2 aliphatic heterocycles. The molecule has 35 heavy (non-hydrogen) atoms. The number of hydrogen-bond donors (Lipinski definition) is 1. The van der Waals surface area contributed by atoms with Gasteiger partial charge in [0.2, 0.25) is 0 Å². The van der Waals surface area contributed by atoms with Crippen molar-refractivity contribution in [2.45, 2.75) is 25.4 Å². The average molecular weight is 535 g/mol. The molecule has 3 heterocycles. The third-order valence-electron chi connectivity index (χ3n) is 6.72. The number of fused-ring (bicyclic) bond motifs is 4. The lowest BCUT2D eigenvalue weighted by molar-refractivity contribution is 0.0955. The first kappa shape index (κ1) is 23.5. The van der Waals surface area contributed by atoms with Crippen LogP contribution in [0.5, 0.6) is 5.75 Å². The van der Waals surface area contributed by atoms with Crippen LogP contribution < -0.4 is 15.7 Å². The molecule has 2 aliphatic rings. The molecule has 1 aromatic heterocycles. The van der Waals surface area contributed by atoms with Crippen molar-refractivity contribution in [2.75, 3.05) is 20.2 Å². The van der Waals surface area contributed by atoms with E-state index in [1.807, 2.05) is 34.9 Å². The maximum Gasteiger partial charge on any atom is 0.271 e. The number of piperidine rings is 1. The van der Waals surface area contributed by atoms with E-state index < -0.39 is 0 Å². The monoisotopic (exact) mass is 534 g/mol. The van der Waals surface area contributed by atoms with E-state index in [1.165, 1.54) is 0 Å². The number of benzene rings is 2. The summed E-state index contributed by atoms with van der Waals surface area (Å²) >= 11 is 3.37. The van der Waals surface area contributed by atoms with Gasteiger partial charge in [0.25, 0.3) is 11.5 Å². The fourth-order valence-corrected chi connectivity index (χ4v) is 5.63. The molecule has 1 unspecified atom stereocenters. The molecule has 7 nitrogen and oxygen atoms in total. The lowest BCUT2D eigenvalue weighted by atomic mass is 9.83. The number of pyridine rings is 1. The maximum absolute atomic E-state index is 12.3. The van der Waals surface area contributed by atoms with Gasteiger partial charge < -0.3 is 9.30 Å². The van der Waals surface area contributed by atoms with E-state index >= 15 is 0 Å². The minimum atomic E-state index is -0.268. The van der Waals surface area contributed by atoms with Gasteiger partial charge in [-0.3, -0.25) is 14.5 Å². The van der Waals surface area contributed by atoms with Crippen molar-refractivity contribution in [3.63, 3.8) is 0 Å². The van der Waals surface area contributed by atoms with Crippen LogP contribution in [0.4, 0.5) is 0 Å². The summed E-state index contributed by atoms with van der Waals surface area (Å²) in [6.07, 6.45) is 2.77. The summed E-state index contributed by atoms with van der Waals surface area (Å²) in [5, 5.41) is 4.14. The van der Waals surface area contributed by atoms with Crippen molar-refractivity contribution in [3.8, 4) is 5.75 Å². The van der Waals surface area contributed by atoms with Crippen molar-refractivity contribution < 1.29 is 9.53 Å². The Bertz CT molecular complexity index is 1340. The molecular formula is C27H27BrN4O3. The smallest absolute Gasteiger partial charge is 0.271 e. The van der Waals surface area contributed by atoms with Gasteiger partial charge in [-0.1, -0.05) is 28.1 Å². The third-order valence-corrected chi connectivity index (χ3v) is 7.21. The van der Waals surface area contributed by atoms with Crippen LogP contribution in [0.25, 0.3) is 0 Å². The van der Waals surface area contributed by atoms with Gasteiger partial charge in [-0.2, -0.15) is 5.10 Å². The summed E-state index contributed by atoms with van der Waals surface area (Å²) in [6.45, 7) is 3.38. The van der Waals surface area contributed by atoms with Crippen LogP contribution in [0.1, 0.15) is 39.5 Å². The van der Waals surface area contributed by atoms with Gasteiger partial charge in [0.05, 0.1) is 13.3 Å². The summed E-state index contributed by atoms with van der Waals surface area (Å²) in [7, 11) is 1.68. The van der Waals surface area contributed by atoms with E-state index in [0.717, 1.165) is 59.6 Å². The number of aromatic nitrogens is 1. The molecule has 2 atom stereocenters. The van der Waals surface area contributed by atoms with Crippen LogP contribution in [0.2, 0.25) is 0 Å². The van der Waals surface area contributed by atoms with Crippen LogP contribution in [-0.2, 0) is 13.1 Å². The predicted molar refractivity (Wildman–Crippen MR) is 139 cm³/mol. The Morgan fingerprint density at radius 2 is 2.00 bits per heavy atom. The molecule has 1 amide bonds. The molecule has 0 radical (unpaired) electrons. The number of rotatable bonds is 6. The predicted octanol–water partition coefficient (Wildman–Crippen LogP) is 4.00. The first-order valence-electron chi connectivity index (χ1n) is 11.7. The number of ether oxygens (including phenoxy) is 1. The van der Waals surface area contributed by atoms with Crippen LogP contribution in [0, 0.1) is 5.92 Å². The van der Waals surface area contributed by atoms with E-state index in [2.05, 4.69) is 43.5 Å². The van der Waals surface area contributed by atoms with Gasteiger partial charge in [-0.15, -0.1) is 0 Å². The Hall–Kier alpha value is -3.23. The minimum Gasteiger partial charge on any atom is -0.496 e. The number of amides is 1. The Morgan fingerprint density at radius 3 is 2.83 bits per heavy atom. The molecule has 1 N–H and O–H groups in total. The van der Waals surface area contributed by atoms with Gasteiger partial charge in [0, 0.05) is 59.5 Å². The van der Waals surface area contributed by atoms with Crippen molar-refractivity contribution in [1.29, 1.82) is 0 Å². The standard InChI is InChI=1S/C27H27BrN4O3/c1-35-25-9-8-18(13-29-30-27(34)20-4-2-5-23(28)12-20)10-22(25)17-31-14-19-11-21(16-31)24-6-3-7-26(33)32(24)15-19/h2-10,12-13,19,21H,11,14-17H2,1H3,(H,30,34)/t19?,21-/m0/s1. The van der Waals surface area contributed by atoms with Crippen LogP contribution >= 0.6 is 15.9 Å². The molecule has 0 spiro atoms. The SMILES string of the molecule is COc1ccc(C=NNC(=O)c2cccc(Br)c2)cc1CN1CC2C[C@@H](C1)c1cccc(=O)n1C2. The quantitative estimate of drug-likeness (QED) is 0.383. The zero-order chi connectivity index (χ0) is 24.4. The molecule has 1 fully saturated rings. The lowest BCUT2D eigenvalue weighted by Gasteiger charge is -2.42. The van der Waals surface area contributed by atoms with E-state index in [1.54, 1.807) is 31.5 Å². The van der Waals surface area contributed by atoms with Crippen molar-refractivity contribution in [2.24, 2.45) is 11.0 Å². The number of methoxy groups -OCH3 is 1. The highest BCUT2D eigenvalue weighted by atomic mass is 79.9. The number of hydrogen-bond acceptors (Lipinski definition) is 5. The first-order valence-corrected chi connectivity index (χ1v) is 12.5.